The van der Waals surface area contributed by atoms with Crippen LogP contribution in [0.2, 0.25) is 0 Å². The van der Waals surface area contributed by atoms with E-state index in [0.717, 1.165) is 45.4 Å². The minimum Gasteiger partial charge on any atom is -0.379 e. The van der Waals surface area contributed by atoms with Crippen LogP contribution < -0.4 is 10.6 Å². The van der Waals surface area contributed by atoms with Crippen LogP contribution in [0.5, 0.6) is 0 Å². The Bertz CT molecular complexity index is 530. The summed E-state index contributed by atoms with van der Waals surface area (Å²) < 4.78 is 5.52. The number of rotatable bonds is 6. The van der Waals surface area contributed by atoms with Gasteiger partial charge in [0.1, 0.15) is 0 Å². The van der Waals surface area contributed by atoms with Crippen LogP contribution in [0, 0.1) is 0 Å². The summed E-state index contributed by atoms with van der Waals surface area (Å²) in [5.41, 5.74) is 0. The molecule has 2 aliphatic heterocycles. The molecular weight excluding hydrogens is 334 g/mol. The van der Waals surface area contributed by atoms with E-state index < -0.39 is 0 Å². The van der Waals surface area contributed by atoms with Crippen LogP contribution in [-0.4, -0.2) is 81.8 Å². The lowest BCUT2D eigenvalue weighted by Gasteiger charge is -2.34. The zero-order valence-corrected chi connectivity index (χ0v) is 16.2. The second-order valence-corrected chi connectivity index (χ2v) is 7.77. The van der Waals surface area contributed by atoms with Gasteiger partial charge in [0.2, 0.25) is 0 Å². The van der Waals surface area contributed by atoms with Gasteiger partial charge in [-0.05, 0) is 37.9 Å². The maximum absolute atomic E-state index is 5.52. The molecule has 7 heteroatoms. The number of likely N-dealkylation sites (tertiary alicyclic amines) is 1. The molecule has 2 unspecified atom stereocenters. The summed E-state index contributed by atoms with van der Waals surface area (Å²) in [6.07, 6.45) is 2.57. The summed E-state index contributed by atoms with van der Waals surface area (Å²) in [5, 5.41) is 9.20. The monoisotopic (exact) mass is 365 g/mol. The molecule has 140 valence electrons. The third-order valence-corrected chi connectivity index (χ3v) is 6.19. The van der Waals surface area contributed by atoms with E-state index >= 15 is 0 Å². The molecule has 25 heavy (non-hydrogen) atoms. The van der Waals surface area contributed by atoms with Gasteiger partial charge in [-0.15, -0.1) is 11.3 Å². The second-order valence-electron chi connectivity index (χ2n) is 6.79. The van der Waals surface area contributed by atoms with Crippen molar-refractivity contribution in [3.05, 3.63) is 22.4 Å². The van der Waals surface area contributed by atoms with Crippen molar-refractivity contribution in [3.8, 4) is 0 Å². The average molecular weight is 366 g/mol. The van der Waals surface area contributed by atoms with E-state index in [2.05, 4.69) is 50.0 Å². The van der Waals surface area contributed by atoms with Gasteiger partial charge in [-0.25, -0.2) is 0 Å². The molecule has 1 aromatic rings. The Labute approximate surface area is 155 Å². The highest BCUT2D eigenvalue weighted by molar-refractivity contribution is 7.10. The first-order valence-corrected chi connectivity index (χ1v) is 10.2. The molecule has 2 saturated heterocycles. The Hall–Kier alpha value is -1.15. The number of aliphatic imine (C=N–C) groups is 1. The fourth-order valence-electron chi connectivity index (χ4n) is 3.65. The molecule has 3 heterocycles. The molecular formula is C18H31N5OS. The fraction of sp³-hybridized carbons (Fsp3) is 0.722. The molecule has 0 amide bonds. The highest BCUT2D eigenvalue weighted by Gasteiger charge is 2.24. The van der Waals surface area contributed by atoms with Crippen molar-refractivity contribution >= 4 is 17.3 Å². The molecule has 0 aliphatic carbocycles. The quantitative estimate of drug-likeness (QED) is 0.589. The molecule has 1 aromatic heterocycles. The average Bonchev–Trinajstić information content (AvgIpc) is 3.31. The Morgan fingerprint density at radius 2 is 2.20 bits per heavy atom. The Morgan fingerprint density at radius 1 is 1.36 bits per heavy atom. The fourth-order valence-corrected chi connectivity index (χ4v) is 4.51. The van der Waals surface area contributed by atoms with Crippen LogP contribution in [-0.2, 0) is 4.74 Å². The van der Waals surface area contributed by atoms with E-state index in [-0.39, 0.29) is 0 Å². The van der Waals surface area contributed by atoms with Gasteiger partial charge >= 0.3 is 0 Å². The van der Waals surface area contributed by atoms with E-state index in [4.69, 9.17) is 4.74 Å². The summed E-state index contributed by atoms with van der Waals surface area (Å²) in [4.78, 5) is 10.8. The van der Waals surface area contributed by atoms with Crippen molar-refractivity contribution in [1.82, 2.24) is 20.4 Å². The van der Waals surface area contributed by atoms with Gasteiger partial charge < -0.3 is 20.3 Å². The number of morpholine rings is 1. The molecule has 6 nitrogen and oxygen atoms in total. The van der Waals surface area contributed by atoms with Crippen LogP contribution in [0.15, 0.2) is 22.5 Å². The van der Waals surface area contributed by atoms with Crippen molar-refractivity contribution in [2.24, 2.45) is 4.99 Å². The molecule has 2 fully saturated rings. The van der Waals surface area contributed by atoms with Crippen molar-refractivity contribution < 1.29 is 4.74 Å². The van der Waals surface area contributed by atoms with E-state index in [1.54, 1.807) is 0 Å². The lowest BCUT2D eigenvalue weighted by molar-refractivity contribution is 0.0177. The van der Waals surface area contributed by atoms with E-state index in [1.807, 2.05) is 18.4 Å². The maximum atomic E-state index is 5.52. The summed E-state index contributed by atoms with van der Waals surface area (Å²) in [6, 6.07) is 5.36. The predicted octanol–water partition coefficient (Wildman–Crippen LogP) is 1.38. The summed E-state index contributed by atoms with van der Waals surface area (Å²) >= 11 is 1.83. The minimum atomic E-state index is 0.372. The molecule has 0 spiro atoms. The summed E-state index contributed by atoms with van der Waals surface area (Å²) in [7, 11) is 4.06. The van der Waals surface area contributed by atoms with E-state index in [0.29, 0.717) is 12.1 Å². The van der Waals surface area contributed by atoms with E-state index in [9.17, 15) is 0 Å². The van der Waals surface area contributed by atoms with Crippen molar-refractivity contribution in [3.63, 3.8) is 0 Å². The van der Waals surface area contributed by atoms with Crippen LogP contribution >= 0.6 is 11.3 Å². The number of thiophene rings is 1. The molecule has 2 N–H and O–H groups in total. The molecule has 0 radical (unpaired) electrons. The van der Waals surface area contributed by atoms with Gasteiger partial charge in [0, 0.05) is 44.1 Å². The smallest absolute Gasteiger partial charge is 0.191 e. The first kappa shape index (κ1) is 18.6. The zero-order valence-electron chi connectivity index (χ0n) is 15.4. The van der Waals surface area contributed by atoms with Crippen molar-refractivity contribution in [2.75, 3.05) is 60.0 Å². The molecule has 2 atom stereocenters. The summed E-state index contributed by atoms with van der Waals surface area (Å²) in [6.45, 7) is 6.64. The SMILES string of the molecule is CN=C(NCC1CCCN1C)NCC(c1cccs1)N1CCOCC1. The van der Waals surface area contributed by atoms with Gasteiger partial charge in [-0.1, -0.05) is 6.07 Å². The Kier molecular flexibility index (Phi) is 7.10. The third-order valence-electron chi connectivity index (χ3n) is 5.22. The predicted molar refractivity (Wildman–Crippen MR) is 104 cm³/mol. The number of guanidine groups is 1. The molecule has 0 bridgehead atoms. The third kappa shape index (κ3) is 5.17. The Morgan fingerprint density at radius 3 is 2.84 bits per heavy atom. The van der Waals surface area contributed by atoms with Gasteiger partial charge in [-0.3, -0.25) is 9.89 Å². The number of nitrogens with zero attached hydrogens (tertiary/aromatic N) is 3. The molecule has 2 aliphatic rings. The number of hydrogen-bond acceptors (Lipinski definition) is 5. The lowest BCUT2D eigenvalue weighted by atomic mass is 10.2. The second kappa shape index (κ2) is 9.52. The number of hydrogen-bond donors (Lipinski definition) is 2. The lowest BCUT2D eigenvalue weighted by Crippen LogP contribution is -2.48. The molecule has 3 rings (SSSR count). The number of likely N-dealkylation sites (N-methyl/N-ethyl adjacent to an activating group) is 1. The van der Waals surface area contributed by atoms with Crippen LogP contribution in [0.25, 0.3) is 0 Å². The van der Waals surface area contributed by atoms with Crippen LogP contribution in [0.1, 0.15) is 23.8 Å². The minimum absolute atomic E-state index is 0.372. The summed E-state index contributed by atoms with van der Waals surface area (Å²) in [5.74, 6) is 0.898. The number of ether oxygens (including phenoxy) is 1. The van der Waals surface area contributed by atoms with Gasteiger partial charge in [0.05, 0.1) is 19.3 Å². The highest BCUT2D eigenvalue weighted by Crippen LogP contribution is 2.25. The number of nitrogens with one attached hydrogen (secondary N) is 2. The van der Waals surface area contributed by atoms with Crippen molar-refractivity contribution in [2.45, 2.75) is 24.9 Å². The van der Waals surface area contributed by atoms with Crippen LogP contribution in [0.4, 0.5) is 0 Å². The normalized spacial score (nSPS) is 24.4. The van der Waals surface area contributed by atoms with Crippen LogP contribution in [0.3, 0.4) is 0 Å². The Balaban J connectivity index is 1.53. The highest BCUT2D eigenvalue weighted by atomic mass is 32.1. The molecule has 0 saturated carbocycles. The van der Waals surface area contributed by atoms with Gasteiger partial charge in [0.25, 0.3) is 0 Å². The zero-order chi connectivity index (χ0) is 17.5. The standard InChI is InChI=1S/C18H31N5OS/c1-19-18(20-13-15-5-3-7-22(15)2)21-14-16(17-6-4-12-25-17)23-8-10-24-11-9-23/h4,6,12,15-16H,3,5,7-11,13-14H2,1-2H3,(H2,19,20,21). The first-order valence-electron chi connectivity index (χ1n) is 9.28. The van der Waals surface area contributed by atoms with E-state index in [1.165, 1.54) is 24.3 Å². The van der Waals surface area contributed by atoms with Crippen molar-refractivity contribution in [1.29, 1.82) is 0 Å². The van der Waals surface area contributed by atoms with Gasteiger partial charge in [0.15, 0.2) is 5.96 Å². The topological polar surface area (TPSA) is 52.1 Å². The van der Waals surface area contributed by atoms with Gasteiger partial charge in [-0.2, -0.15) is 0 Å². The molecule has 0 aromatic carbocycles. The largest absolute Gasteiger partial charge is 0.379 e. The maximum Gasteiger partial charge on any atom is 0.191 e. The first-order chi connectivity index (χ1) is 12.3.